The molecule has 0 bridgehead atoms. The maximum atomic E-state index is 12.1. The first kappa shape index (κ1) is 27.9. The molecule has 10 heteroatoms. The van der Waals surface area contributed by atoms with Crippen LogP contribution in [0.1, 0.15) is 47.1 Å². The highest BCUT2D eigenvalue weighted by atomic mass is 28.2. The van der Waals surface area contributed by atoms with Gasteiger partial charge in [-0.15, -0.1) is 0 Å². The van der Waals surface area contributed by atoms with Gasteiger partial charge in [-0.1, -0.05) is 33.9 Å². The van der Waals surface area contributed by atoms with Gasteiger partial charge in [0.05, 0.1) is 17.8 Å². The second kappa shape index (κ2) is 11.6. The minimum atomic E-state index is -0.586. The third kappa shape index (κ3) is 6.94. The molecule has 2 aromatic rings. The van der Waals surface area contributed by atoms with E-state index >= 15 is 0 Å². The Bertz CT molecular complexity index is 998. The molecule has 3 rings (SSSR count). The standard InChI is InChI=1S/C25H42N2O6Si2/c1-16(25(5,6)23(32-34-7)33-35-8)13-27-22-17(12-26-27)9-10-20-19(22)11-18(14-30-20)29-15-21(28)31-24(2,3)4/h9-10,12,16,18,23H,11,13-15,34-35H2,1-8H3/t16-,18+/m0/s1. The number of hydrogen-bond donors (Lipinski definition) is 0. The van der Waals surface area contributed by atoms with Gasteiger partial charge in [0.25, 0.3) is 0 Å². The summed E-state index contributed by atoms with van der Waals surface area (Å²) in [5, 5.41) is 5.80. The van der Waals surface area contributed by atoms with E-state index in [1.165, 1.54) is 0 Å². The van der Waals surface area contributed by atoms with Crippen molar-refractivity contribution in [2.45, 2.75) is 85.6 Å². The summed E-state index contributed by atoms with van der Waals surface area (Å²) in [6, 6.07) is 4.05. The fourth-order valence-corrected chi connectivity index (χ4v) is 6.20. The Morgan fingerprint density at radius 3 is 2.51 bits per heavy atom. The molecular weight excluding hydrogens is 480 g/mol. The molecule has 1 aromatic heterocycles. The van der Waals surface area contributed by atoms with Gasteiger partial charge in [-0.25, -0.2) is 4.79 Å². The fraction of sp³-hybridized carbons (Fsp3) is 0.680. The Morgan fingerprint density at radius 2 is 1.89 bits per heavy atom. The largest absolute Gasteiger partial charge is 0.491 e. The predicted octanol–water partition coefficient (Wildman–Crippen LogP) is 2.98. The normalized spacial score (nSPS) is 18.8. The molecule has 1 aromatic carbocycles. The molecular formula is C25H42N2O6Si2. The number of carbonyl (C=O) groups is 1. The van der Waals surface area contributed by atoms with Crippen LogP contribution < -0.4 is 4.74 Å². The number of carbonyl (C=O) groups excluding carboxylic acids is 1. The van der Waals surface area contributed by atoms with Crippen molar-refractivity contribution < 1.29 is 27.9 Å². The fourth-order valence-electron chi connectivity index (χ4n) is 4.35. The van der Waals surface area contributed by atoms with Crippen LogP contribution in [0, 0.1) is 11.3 Å². The Morgan fingerprint density at radius 1 is 1.20 bits per heavy atom. The van der Waals surface area contributed by atoms with E-state index in [4.69, 9.17) is 28.2 Å². The van der Waals surface area contributed by atoms with E-state index < -0.39 is 25.1 Å². The first-order valence-electron chi connectivity index (χ1n) is 12.6. The molecule has 0 saturated heterocycles. The summed E-state index contributed by atoms with van der Waals surface area (Å²) < 4.78 is 31.6. The summed E-state index contributed by atoms with van der Waals surface area (Å²) in [7, 11) is -1.17. The van der Waals surface area contributed by atoms with Gasteiger partial charge in [0, 0.05) is 29.3 Å². The van der Waals surface area contributed by atoms with E-state index in [1.807, 2.05) is 33.0 Å². The summed E-state index contributed by atoms with van der Waals surface area (Å²) in [6.45, 7) is 17.5. The van der Waals surface area contributed by atoms with Crippen LogP contribution in [0.2, 0.25) is 13.1 Å². The smallest absolute Gasteiger partial charge is 0.332 e. The molecule has 0 radical (unpaired) electrons. The third-order valence-corrected chi connectivity index (χ3v) is 7.81. The quantitative estimate of drug-likeness (QED) is 0.255. The molecule has 0 unspecified atom stereocenters. The minimum absolute atomic E-state index is 0.0933. The van der Waals surface area contributed by atoms with Crippen molar-refractivity contribution in [3.63, 3.8) is 0 Å². The summed E-state index contributed by atoms with van der Waals surface area (Å²) in [5.41, 5.74) is 1.43. The molecule has 196 valence electrons. The van der Waals surface area contributed by atoms with Gasteiger partial charge in [-0.05, 0) is 38.8 Å². The van der Waals surface area contributed by atoms with E-state index in [0.29, 0.717) is 13.0 Å². The molecule has 0 amide bonds. The lowest BCUT2D eigenvalue weighted by atomic mass is 9.79. The molecule has 0 N–H and O–H groups in total. The third-order valence-electron chi connectivity index (χ3n) is 6.54. The average Bonchev–Trinajstić information content (AvgIpc) is 3.19. The molecule has 0 spiro atoms. The van der Waals surface area contributed by atoms with Crippen LogP contribution in [0.15, 0.2) is 18.3 Å². The molecule has 0 fully saturated rings. The molecule has 2 atom stereocenters. The summed E-state index contributed by atoms with van der Waals surface area (Å²) in [5.74, 6) is 0.741. The lowest BCUT2D eigenvalue weighted by molar-refractivity contribution is -0.163. The zero-order valence-electron chi connectivity index (χ0n) is 22.6. The summed E-state index contributed by atoms with van der Waals surface area (Å²) >= 11 is 0. The maximum absolute atomic E-state index is 12.1. The number of fused-ring (bicyclic) bond motifs is 3. The molecule has 0 saturated carbocycles. The number of aromatic nitrogens is 2. The highest BCUT2D eigenvalue weighted by Gasteiger charge is 2.36. The van der Waals surface area contributed by atoms with E-state index in [1.54, 1.807) is 0 Å². The minimum Gasteiger partial charge on any atom is -0.491 e. The van der Waals surface area contributed by atoms with E-state index in [9.17, 15) is 4.79 Å². The Kier molecular flexibility index (Phi) is 9.19. The Labute approximate surface area is 213 Å². The van der Waals surface area contributed by atoms with Crippen molar-refractivity contribution >= 4 is 36.4 Å². The lowest BCUT2D eigenvalue weighted by Gasteiger charge is -2.39. The SMILES string of the molecule is C[SiH2]OC(O[SiH2]C)C(C)(C)[C@@H](C)Cn1ncc2ccc3c(c21)C[C@@H](OCC(=O)OC(C)(C)C)CO3. The number of esters is 1. The van der Waals surface area contributed by atoms with Gasteiger partial charge in [-0.2, -0.15) is 5.10 Å². The number of rotatable bonds is 11. The molecule has 2 heterocycles. The van der Waals surface area contributed by atoms with Gasteiger partial charge in [0.2, 0.25) is 0 Å². The Balaban J connectivity index is 1.78. The second-order valence-electron chi connectivity index (χ2n) is 10.8. The maximum Gasteiger partial charge on any atom is 0.332 e. The summed E-state index contributed by atoms with van der Waals surface area (Å²) in [6.07, 6.45) is 2.16. The molecule has 8 nitrogen and oxygen atoms in total. The van der Waals surface area contributed by atoms with Gasteiger partial charge in [0.15, 0.2) is 19.5 Å². The van der Waals surface area contributed by atoms with E-state index in [2.05, 4.69) is 44.6 Å². The predicted molar refractivity (Wildman–Crippen MR) is 142 cm³/mol. The van der Waals surface area contributed by atoms with Crippen LogP contribution in [-0.4, -0.2) is 66.5 Å². The first-order valence-corrected chi connectivity index (χ1v) is 16.6. The lowest BCUT2D eigenvalue weighted by Crippen LogP contribution is -2.42. The van der Waals surface area contributed by atoms with Crippen molar-refractivity contribution in [3.8, 4) is 5.75 Å². The van der Waals surface area contributed by atoms with Gasteiger partial charge in [-0.3, -0.25) is 4.68 Å². The van der Waals surface area contributed by atoms with Crippen LogP contribution >= 0.6 is 0 Å². The van der Waals surface area contributed by atoms with Crippen molar-refractivity contribution in [2.24, 2.45) is 11.3 Å². The average molecular weight is 523 g/mol. The van der Waals surface area contributed by atoms with Crippen LogP contribution in [0.4, 0.5) is 0 Å². The zero-order chi connectivity index (χ0) is 25.8. The van der Waals surface area contributed by atoms with Gasteiger partial charge < -0.3 is 23.1 Å². The van der Waals surface area contributed by atoms with Gasteiger partial charge in [0.1, 0.15) is 30.9 Å². The number of nitrogens with zero attached hydrogens (tertiary/aromatic N) is 2. The van der Waals surface area contributed by atoms with Crippen molar-refractivity contribution in [1.82, 2.24) is 9.78 Å². The van der Waals surface area contributed by atoms with E-state index in [-0.39, 0.29) is 36.3 Å². The van der Waals surface area contributed by atoms with Crippen molar-refractivity contribution in [1.29, 1.82) is 0 Å². The van der Waals surface area contributed by atoms with Crippen molar-refractivity contribution in [2.75, 3.05) is 13.2 Å². The van der Waals surface area contributed by atoms with Crippen molar-refractivity contribution in [3.05, 3.63) is 23.9 Å². The molecule has 1 aliphatic heterocycles. The first-order chi connectivity index (χ1) is 16.5. The van der Waals surface area contributed by atoms with Crippen LogP contribution in [0.5, 0.6) is 5.75 Å². The van der Waals surface area contributed by atoms with Crippen LogP contribution in [0.3, 0.4) is 0 Å². The topological polar surface area (TPSA) is 81.0 Å². The van der Waals surface area contributed by atoms with E-state index in [0.717, 1.165) is 28.8 Å². The highest BCUT2D eigenvalue weighted by molar-refractivity contribution is 6.26. The zero-order valence-corrected chi connectivity index (χ0v) is 25.4. The summed E-state index contributed by atoms with van der Waals surface area (Å²) in [4.78, 5) is 12.1. The van der Waals surface area contributed by atoms with Gasteiger partial charge >= 0.3 is 5.97 Å². The number of hydrogen-bond acceptors (Lipinski definition) is 7. The highest BCUT2D eigenvalue weighted by Crippen LogP contribution is 2.37. The molecule has 0 aliphatic carbocycles. The monoisotopic (exact) mass is 522 g/mol. The second-order valence-corrected chi connectivity index (χ2v) is 12.6. The number of ether oxygens (including phenoxy) is 3. The molecule has 35 heavy (non-hydrogen) atoms. The van der Waals surface area contributed by atoms with Crippen LogP contribution in [-0.2, 0) is 36.1 Å². The molecule has 1 aliphatic rings. The van der Waals surface area contributed by atoms with Crippen LogP contribution in [0.25, 0.3) is 10.9 Å². The number of benzene rings is 1. The Hall–Kier alpha value is -1.73.